The van der Waals surface area contributed by atoms with E-state index in [4.69, 9.17) is 14.2 Å². The van der Waals surface area contributed by atoms with Crippen molar-refractivity contribution in [2.24, 2.45) is 0 Å². The van der Waals surface area contributed by atoms with Crippen LogP contribution in [0.4, 0.5) is 0 Å². The third-order valence-electron chi connectivity index (χ3n) is 14.1. The summed E-state index contributed by atoms with van der Waals surface area (Å²) in [5.41, 5.74) is 0. The Kier molecular flexibility index (Phi) is 61.8. The highest BCUT2D eigenvalue weighted by atomic mass is 16.6. The summed E-state index contributed by atoms with van der Waals surface area (Å²) in [6.07, 6.45) is 86.9. The van der Waals surface area contributed by atoms with Crippen molar-refractivity contribution >= 4 is 17.9 Å². The van der Waals surface area contributed by atoms with Gasteiger partial charge in [0.05, 0.1) is 0 Å². The lowest BCUT2D eigenvalue weighted by molar-refractivity contribution is -0.167. The summed E-state index contributed by atoms with van der Waals surface area (Å²) in [5.74, 6) is -0.883. The molecule has 0 saturated carbocycles. The molecule has 0 N–H and O–H groups in total. The highest BCUT2D eigenvalue weighted by Gasteiger charge is 2.19. The van der Waals surface area contributed by atoms with Crippen LogP contribution in [-0.4, -0.2) is 37.2 Å². The first-order valence-electron chi connectivity index (χ1n) is 32.7. The number of esters is 3. The molecule has 0 spiro atoms. The number of ether oxygens (including phenoxy) is 3. The molecule has 1 unspecified atom stereocenters. The van der Waals surface area contributed by atoms with Crippen LogP contribution in [0.3, 0.4) is 0 Å². The molecule has 6 heteroatoms. The second-order valence-electron chi connectivity index (χ2n) is 21.6. The first-order chi connectivity index (χ1) is 38.0. The minimum atomic E-state index is -0.787. The van der Waals surface area contributed by atoms with Crippen molar-refractivity contribution < 1.29 is 28.6 Å². The van der Waals surface area contributed by atoms with Crippen LogP contribution in [0.2, 0.25) is 0 Å². The standard InChI is InChI=1S/C71H122O6/c1-4-7-10-13-16-19-22-25-28-31-33-35-37-40-43-46-49-52-55-58-61-64-70(73)76-67-68(66-75-69(72)63-60-57-54-51-48-45-42-39-30-27-24-21-18-15-12-9-6-3)77-71(74)65-62-59-56-53-50-47-44-41-38-36-34-32-29-26-23-20-17-14-11-8-5-2/h7-8,10-11,16-17,19-20,25-26,28-29,33-36,68H,4-6,9,12-15,18,21-24,27,30-32,37-67H2,1-3H3/b10-7-,11-8-,19-16-,20-17-,28-25-,29-26-,35-33-,36-34-. The zero-order chi connectivity index (χ0) is 55.7. The number of carbonyl (C=O) groups excluding carboxylic acids is 3. The van der Waals surface area contributed by atoms with Crippen molar-refractivity contribution in [3.8, 4) is 0 Å². The van der Waals surface area contributed by atoms with E-state index in [0.717, 1.165) is 122 Å². The van der Waals surface area contributed by atoms with Crippen LogP contribution >= 0.6 is 0 Å². The summed E-state index contributed by atoms with van der Waals surface area (Å²) >= 11 is 0. The molecular weight excluding hydrogens is 949 g/mol. The van der Waals surface area contributed by atoms with Crippen molar-refractivity contribution in [2.45, 2.75) is 322 Å². The van der Waals surface area contributed by atoms with Crippen molar-refractivity contribution in [3.63, 3.8) is 0 Å². The second kappa shape index (κ2) is 64.9. The zero-order valence-electron chi connectivity index (χ0n) is 50.7. The molecule has 0 bridgehead atoms. The third kappa shape index (κ3) is 63.0. The van der Waals surface area contributed by atoms with Gasteiger partial charge in [0.2, 0.25) is 0 Å². The van der Waals surface area contributed by atoms with Crippen molar-refractivity contribution in [1.82, 2.24) is 0 Å². The molecule has 0 aromatic heterocycles. The molecule has 0 aliphatic rings. The molecule has 0 saturated heterocycles. The molecule has 0 aliphatic carbocycles. The molecule has 0 aromatic rings. The maximum absolute atomic E-state index is 12.9. The molecule has 0 rings (SSSR count). The fourth-order valence-corrected chi connectivity index (χ4v) is 9.25. The highest BCUT2D eigenvalue weighted by Crippen LogP contribution is 2.17. The molecular formula is C71H122O6. The Morgan fingerprint density at radius 3 is 0.792 bits per heavy atom. The van der Waals surface area contributed by atoms with Crippen LogP contribution in [0.15, 0.2) is 97.2 Å². The lowest BCUT2D eigenvalue weighted by atomic mass is 10.0. The SMILES string of the molecule is CC/C=C\C/C=C\C/C=C\C/C=C\CCCCCCCCCCC(=O)OCC(COC(=O)CCCCCCCCCCCCCCCCCCC)OC(=O)CCCCCCCCCC/C=C\C/C=C\C/C=C\C/C=C\CC. The van der Waals surface area contributed by atoms with Gasteiger partial charge in [-0.1, -0.05) is 298 Å². The van der Waals surface area contributed by atoms with E-state index in [1.165, 1.54) is 154 Å². The Balaban J connectivity index is 4.40. The van der Waals surface area contributed by atoms with Crippen molar-refractivity contribution in [2.75, 3.05) is 13.2 Å². The van der Waals surface area contributed by atoms with Crippen molar-refractivity contribution in [1.29, 1.82) is 0 Å². The van der Waals surface area contributed by atoms with E-state index in [0.29, 0.717) is 19.3 Å². The number of unbranched alkanes of at least 4 members (excludes halogenated alkanes) is 32. The van der Waals surface area contributed by atoms with Gasteiger partial charge in [-0.2, -0.15) is 0 Å². The molecule has 0 fully saturated rings. The normalized spacial score (nSPS) is 12.7. The minimum Gasteiger partial charge on any atom is -0.462 e. The Labute approximate surface area is 477 Å². The van der Waals surface area contributed by atoms with E-state index in [1.54, 1.807) is 0 Å². The highest BCUT2D eigenvalue weighted by molar-refractivity contribution is 5.71. The molecule has 442 valence electrons. The van der Waals surface area contributed by atoms with Gasteiger partial charge in [-0.05, 0) is 96.3 Å². The summed E-state index contributed by atoms with van der Waals surface area (Å²) in [6, 6.07) is 0. The van der Waals surface area contributed by atoms with Crippen LogP contribution in [-0.2, 0) is 28.6 Å². The second-order valence-corrected chi connectivity index (χ2v) is 21.6. The predicted molar refractivity (Wildman–Crippen MR) is 334 cm³/mol. The third-order valence-corrected chi connectivity index (χ3v) is 14.1. The molecule has 6 nitrogen and oxygen atoms in total. The number of hydrogen-bond donors (Lipinski definition) is 0. The summed E-state index contributed by atoms with van der Waals surface area (Å²) in [6.45, 7) is 6.44. The predicted octanol–water partition coefficient (Wildman–Crippen LogP) is 22.4. The van der Waals surface area contributed by atoms with Gasteiger partial charge in [0.1, 0.15) is 13.2 Å². The van der Waals surface area contributed by atoms with Gasteiger partial charge in [0.15, 0.2) is 6.10 Å². The molecule has 0 heterocycles. The maximum atomic E-state index is 12.9. The lowest BCUT2D eigenvalue weighted by Gasteiger charge is -2.18. The zero-order valence-corrected chi connectivity index (χ0v) is 50.7. The average molecular weight is 1070 g/mol. The van der Waals surface area contributed by atoms with Gasteiger partial charge in [-0.25, -0.2) is 0 Å². The largest absolute Gasteiger partial charge is 0.462 e. The van der Waals surface area contributed by atoms with Crippen LogP contribution < -0.4 is 0 Å². The molecule has 77 heavy (non-hydrogen) atoms. The first kappa shape index (κ1) is 73.3. The van der Waals surface area contributed by atoms with Crippen LogP contribution in [0.1, 0.15) is 316 Å². The lowest BCUT2D eigenvalue weighted by Crippen LogP contribution is -2.30. The number of hydrogen-bond acceptors (Lipinski definition) is 6. The van der Waals surface area contributed by atoms with E-state index in [9.17, 15) is 14.4 Å². The average Bonchev–Trinajstić information content (AvgIpc) is 3.43. The number of carbonyl (C=O) groups is 3. The Morgan fingerprint density at radius 2 is 0.506 bits per heavy atom. The van der Waals surface area contributed by atoms with E-state index in [1.807, 2.05) is 0 Å². The van der Waals surface area contributed by atoms with E-state index in [-0.39, 0.29) is 31.1 Å². The maximum Gasteiger partial charge on any atom is 0.306 e. The fourth-order valence-electron chi connectivity index (χ4n) is 9.25. The number of allylic oxidation sites excluding steroid dienone is 16. The molecule has 0 radical (unpaired) electrons. The Morgan fingerprint density at radius 1 is 0.273 bits per heavy atom. The fraction of sp³-hybridized carbons (Fsp3) is 0.732. The summed E-state index contributed by atoms with van der Waals surface area (Å²) < 4.78 is 17.0. The van der Waals surface area contributed by atoms with Crippen LogP contribution in [0.25, 0.3) is 0 Å². The van der Waals surface area contributed by atoms with Gasteiger partial charge in [-0.3, -0.25) is 14.4 Å². The Hall–Kier alpha value is -3.67. The summed E-state index contributed by atoms with van der Waals surface area (Å²) in [7, 11) is 0. The molecule has 0 amide bonds. The van der Waals surface area contributed by atoms with E-state index in [2.05, 4.69) is 118 Å². The molecule has 0 aromatic carbocycles. The van der Waals surface area contributed by atoms with Gasteiger partial charge in [-0.15, -0.1) is 0 Å². The van der Waals surface area contributed by atoms with E-state index < -0.39 is 6.10 Å². The van der Waals surface area contributed by atoms with Gasteiger partial charge >= 0.3 is 17.9 Å². The van der Waals surface area contributed by atoms with Crippen molar-refractivity contribution in [3.05, 3.63) is 97.2 Å². The molecule has 1 atom stereocenters. The van der Waals surface area contributed by atoms with Gasteiger partial charge in [0.25, 0.3) is 0 Å². The smallest absolute Gasteiger partial charge is 0.306 e. The van der Waals surface area contributed by atoms with E-state index >= 15 is 0 Å². The monoisotopic (exact) mass is 1070 g/mol. The summed E-state index contributed by atoms with van der Waals surface area (Å²) in [5, 5.41) is 0. The minimum absolute atomic E-state index is 0.0808. The Bertz CT molecular complexity index is 1510. The summed E-state index contributed by atoms with van der Waals surface area (Å²) in [4.78, 5) is 38.4. The molecule has 0 aliphatic heterocycles. The van der Waals surface area contributed by atoms with Gasteiger partial charge in [0, 0.05) is 19.3 Å². The first-order valence-corrected chi connectivity index (χ1v) is 32.7. The van der Waals surface area contributed by atoms with Crippen LogP contribution in [0, 0.1) is 0 Å². The quantitative estimate of drug-likeness (QED) is 0.0261. The van der Waals surface area contributed by atoms with Crippen LogP contribution in [0.5, 0.6) is 0 Å². The van der Waals surface area contributed by atoms with Gasteiger partial charge < -0.3 is 14.2 Å². The topological polar surface area (TPSA) is 78.9 Å². The number of rotatable bonds is 59.